The number of rotatable bonds is 3. The maximum Gasteiger partial charge on any atom is 0.253 e. The first kappa shape index (κ1) is 12.8. The van der Waals surface area contributed by atoms with Gasteiger partial charge >= 0.3 is 0 Å². The number of carbonyl (C=O) groups excluding carboxylic acids is 1. The molecule has 1 aromatic heterocycles. The van der Waals surface area contributed by atoms with E-state index in [1.54, 1.807) is 18.5 Å². The van der Waals surface area contributed by atoms with Gasteiger partial charge in [0.1, 0.15) is 0 Å². The molecule has 92 valence electrons. The maximum atomic E-state index is 12.0. The zero-order chi connectivity index (χ0) is 13.0. The van der Waals surface area contributed by atoms with Crippen LogP contribution in [0.3, 0.4) is 0 Å². The average molecular weight is 305 g/mol. The number of hydrogen-bond acceptors (Lipinski definition) is 2. The van der Waals surface area contributed by atoms with Crippen molar-refractivity contribution in [2.75, 3.05) is 0 Å². The number of aromatic nitrogens is 1. The Morgan fingerprint density at radius 1 is 1.28 bits per heavy atom. The van der Waals surface area contributed by atoms with Crippen LogP contribution in [0.15, 0.2) is 53.3 Å². The highest BCUT2D eigenvalue weighted by molar-refractivity contribution is 9.10. The Labute approximate surface area is 114 Å². The van der Waals surface area contributed by atoms with Crippen LogP contribution < -0.4 is 5.32 Å². The molecule has 0 aliphatic heterocycles. The van der Waals surface area contributed by atoms with Crippen molar-refractivity contribution in [3.8, 4) is 0 Å². The summed E-state index contributed by atoms with van der Waals surface area (Å²) < 4.78 is 0.794. The van der Waals surface area contributed by atoms with Crippen molar-refractivity contribution in [3.05, 3.63) is 64.4 Å². The van der Waals surface area contributed by atoms with E-state index in [1.807, 2.05) is 37.3 Å². The molecule has 0 saturated carbocycles. The molecule has 3 nitrogen and oxygen atoms in total. The van der Waals surface area contributed by atoms with Gasteiger partial charge in [0.2, 0.25) is 0 Å². The SMILES string of the molecule is CC(NC(=O)c1cncc(Br)c1)c1ccccc1. The van der Waals surface area contributed by atoms with E-state index in [-0.39, 0.29) is 11.9 Å². The minimum Gasteiger partial charge on any atom is -0.345 e. The van der Waals surface area contributed by atoms with Crippen LogP contribution in [0.1, 0.15) is 28.9 Å². The normalized spacial score (nSPS) is 11.9. The van der Waals surface area contributed by atoms with Gasteiger partial charge in [-0.3, -0.25) is 9.78 Å². The lowest BCUT2D eigenvalue weighted by atomic mass is 10.1. The molecule has 0 bridgehead atoms. The zero-order valence-electron chi connectivity index (χ0n) is 9.93. The summed E-state index contributed by atoms with van der Waals surface area (Å²) in [7, 11) is 0. The Morgan fingerprint density at radius 2 is 2.00 bits per heavy atom. The van der Waals surface area contributed by atoms with Crippen LogP contribution in [0.2, 0.25) is 0 Å². The molecule has 18 heavy (non-hydrogen) atoms. The second kappa shape index (κ2) is 5.78. The van der Waals surface area contributed by atoms with Gasteiger partial charge in [-0.2, -0.15) is 0 Å². The summed E-state index contributed by atoms with van der Waals surface area (Å²) in [5.41, 5.74) is 1.63. The molecule has 0 aliphatic rings. The Kier molecular flexibility index (Phi) is 4.10. The number of amides is 1. The van der Waals surface area contributed by atoms with E-state index in [0.717, 1.165) is 10.0 Å². The number of carbonyl (C=O) groups is 1. The molecular formula is C14H13BrN2O. The van der Waals surface area contributed by atoms with Crippen molar-refractivity contribution in [3.63, 3.8) is 0 Å². The van der Waals surface area contributed by atoms with Gasteiger partial charge in [-0.15, -0.1) is 0 Å². The molecule has 0 spiro atoms. The smallest absolute Gasteiger partial charge is 0.253 e. The topological polar surface area (TPSA) is 42.0 Å². The molecule has 2 aromatic rings. The van der Waals surface area contributed by atoms with E-state index in [1.165, 1.54) is 0 Å². The van der Waals surface area contributed by atoms with E-state index in [4.69, 9.17) is 0 Å². The summed E-state index contributed by atoms with van der Waals surface area (Å²) in [5, 5.41) is 2.94. The third kappa shape index (κ3) is 3.17. The van der Waals surface area contributed by atoms with Gasteiger partial charge in [0.15, 0.2) is 0 Å². The standard InChI is InChI=1S/C14H13BrN2O/c1-10(11-5-3-2-4-6-11)17-14(18)12-7-13(15)9-16-8-12/h2-10H,1H3,(H,17,18). The monoisotopic (exact) mass is 304 g/mol. The summed E-state index contributed by atoms with van der Waals surface area (Å²) >= 11 is 3.30. The molecule has 1 N–H and O–H groups in total. The van der Waals surface area contributed by atoms with Crippen molar-refractivity contribution < 1.29 is 4.79 Å². The van der Waals surface area contributed by atoms with E-state index in [2.05, 4.69) is 26.2 Å². The lowest BCUT2D eigenvalue weighted by Gasteiger charge is -2.14. The molecule has 4 heteroatoms. The molecule has 1 heterocycles. The van der Waals surface area contributed by atoms with Gasteiger partial charge in [-0.1, -0.05) is 30.3 Å². The third-order valence-electron chi connectivity index (χ3n) is 2.61. The molecule has 0 saturated heterocycles. The van der Waals surface area contributed by atoms with Crippen LogP contribution >= 0.6 is 15.9 Å². The number of hydrogen-bond donors (Lipinski definition) is 1. The number of pyridine rings is 1. The van der Waals surface area contributed by atoms with Gasteiger partial charge in [0.05, 0.1) is 11.6 Å². The van der Waals surface area contributed by atoms with Gasteiger partial charge in [0, 0.05) is 16.9 Å². The molecule has 2 rings (SSSR count). The van der Waals surface area contributed by atoms with E-state index >= 15 is 0 Å². The second-order valence-electron chi connectivity index (χ2n) is 4.00. The minimum absolute atomic E-state index is 0.0299. The molecule has 1 unspecified atom stereocenters. The molecule has 1 amide bonds. The highest BCUT2D eigenvalue weighted by atomic mass is 79.9. The molecule has 1 aromatic carbocycles. The summed E-state index contributed by atoms with van der Waals surface area (Å²) in [4.78, 5) is 16.0. The molecular weight excluding hydrogens is 292 g/mol. The lowest BCUT2D eigenvalue weighted by Crippen LogP contribution is -2.26. The van der Waals surface area contributed by atoms with Crippen LogP contribution in [0, 0.1) is 0 Å². The highest BCUT2D eigenvalue weighted by Gasteiger charge is 2.11. The average Bonchev–Trinajstić information content (AvgIpc) is 2.39. The zero-order valence-corrected chi connectivity index (χ0v) is 11.5. The fourth-order valence-corrected chi connectivity index (χ4v) is 2.01. The second-order valence-corrected chi connectivity index (χ2v) is 4.91. The summed E-state index contributed by atoms with van der Waals surface area (Å²) in [6.45, 7) is 1.96. The number of halogens is 1. The highest BCUT2D eigenvalue weighted by Crippen LogP contribution is 2.14. The lowest BCUT2D eigenvalue weighted by molar-refractivity contribution is 0.0939. The first-order valence-corrected chi connectivity index (χ1v) is 6.42. The molecule has 0 aliphatic carbocycles. The predicted molar refractivity (Wildman–Crippen MR) is 74.3 cm³/mol. The Balaban J connectivity index is 2.08. The van der Waals surface area contributed by atoms with Crippen LogP contribution in [0.4, 0.5) is 0 Å². The first-order valence-electron chi connectivity index (χ1n) is 5.63. The molecule has 0 radical (unpaired) electrons. The molecule has 1 atom stereocenters. The first-order chi connectivity index (χ1) is 8.66. The van der Waals surface area contributed by atoms with Crippen LogP contribution in [-0.4, -0.2) is 10.9 Å². The summed E-state index contributed by atoms with van der Waals surface area (Å²) in [6, 6.07) is 11.6. The predicted octanol–water partition coefficient (Wildman–Crippen LogP) is 3.34. The fraction of sp³-hybridized carbons (Fsp3) is 0.143. The Bertz CT molecular complexity index is 543. The number of benzene rings is 1. The summed E-state index contributed by atoms with van der Waals surface area (Å²) in [5.74, 6) is -0.125. The van der Waals surface area contributed by atoms with Gasteiger partial charge < -0.3 is 5.32 Å². The van der Waals surface area contributed by atoms with E-state index in [0.29, 0.717) is 5.56 Å². The van der Waals surface area contributed by atoms with Crippen LogP contribution in [0.5, 0.6) is 0 Å². The fourth-order valence-electron chi connectivity index (χ4n) is 1.64. The minimum atomic E-state index is -0.125. The van der Waals surface area contributed by atoms with Crippen LogP contribution in [-0.2, 0) is 0 Å². The Morgan fingerprint density at radius 3 is 2.67 bits per heavy atom. The van der Waals surface area contributed by atoms with Gasteiger partial charge in [-0.25, -0.2) is 0 Å². The van der Waals surface area contributed by atoms with Gasteiger partial charge in [-0.05, 0) is 34.5 Å². The van der Waals surface area contributed by atoms with Crippen LogP contribution in [0.25, 0.3) is 0 Å². The maximum absolute atomic E-state index is 12.0. The quantitative estimate of drug-likeness (QED) is 0.945. The number of nitrogens with one attached hydrogen (secondary N) is 1. The summed E-state index contributed by atoms with van der Waals surface area (Å²) in [6.07, 6.45) is 3.20. The van der Waals surface area contributed by atoms with Crippen molar-refractivity contribution >= 4 is 21.8 Å². The van der Waals surface area contributed by atoms with Crippen molar-refractivity contribution in [2.45, 2.75) is 13.0 Å². The third-order valence-corrected chi connectivity index (χ3v) is 3.05. The van der Waals surface area contributed by atoms with Crippen molar-refractivity contribution in [2.24, 2.45) is 0 Å². The van der Waals surface area contributed by atoms with Gasteiger partial charge in [0.25, 0.3) is 5.91 Å². The van der Waals surface area contributed by atoms with Crippen molar-refractivity contribution in [1.82, 2.24) is 10.3 Å². The van der Waals surface area contributed by atoms with Crippen molar-refractivity contribution in [1.29, 1.82) is 0 Å². The Hall–Kier alpha value is -1.68. The van der Waals surface area contributed by atoms with E-state index < -0.39 is 0 Å². The number of nitrogens with zero attached hydrogens (tertiary/aromatic N) is 1. The molecule has 0 fully saturated rings. The largest absolute Gasteiger partial charge is 0.345 e. The van der Waals surface area contributed by atoms with E-state index in [9.17, 15) is 4.79 Å².